The van der Waals surface area contributed by atoms with E-state index in [1.54, 1.807) is 0 Å². The minimum atomic E-state index is -1.63. The van der Waals surface area contributed by atoms with Crippen molar-refractivity contribution >= 4 is 8.32 Å². The van der Waals surface area contributed by atoms with Gasteiger partial charge in [0, 0.05) is 0 Å². The van der Waals surface area contributed by atoms with Crippen LogP contribution in [-0.4, -0.2) is 8.32 Å². The molecule has 0 amide bonds. The minimum absolute atomic E-state index is 0.678. The maximum absolute atomic E-state index is 6.28. The van der Waals surface area contributed by atoms with Crippen molar-refractivity contribution in [2.24, 2.45) is 0 Å². The summed E-state index contributed by atoms with van der Waals surface area (Å²) in [6.45, 7) is 18.0. The van der Waals surface area contributed by atoms with Gasteiger partial charge in [0.1, 0.15) is 0 Å². The van der Waals surface area contributed by atoms with Gasteiger partial charge in [0.25, 0.3) is 0 Å². The molecule has 0 rings (SSSR count). The standard InChI is InChI=1S/C12H27OSi/c1-9(2)13-14(10(3)4,11(5)6)12(7)8/h10-12H,1-8H3. The zero-order valence-electron chi connectivity index (χ0n) is 11.1. The fourth-order valence-corrected chi connectivity index (χ4v) is 8.12. The molecule has 14 heavy (non-hydrogen) atoms. The lowest BCUT2D eigenvalue weighted by atomic mass is 10.5. The van der Waals surface area contributed by atoms with E-state index in [0.29, 0.717) is 16.6 Å². The quantitative estimate of drug-likeness (QED) is 0.601. The minimum Gasteiger partial charge on any atom is -0.408 e. The summed E-state index contributed by atoms with van der Waals surface area (Å²) in [6.07, 6.45) is 1.13. The van der Waals surface area contributed by atoms with Gasteiger partial charge in [-0.1, -0.05) is 41.5 Å². The third-order valence-corrected chi connectivity index (χ3v) is 9.26. The first-order valence-corrected chi connectivity index (χ1v) is 7.88. The van der Waals surface area contributed by atoms with Crippen LogP contribution in [0.3, 0.4) is 0 Å². The summed E-state index contributed by atoms with van der Waals surface area (Å²) in [6, 6.07) is 0. The summed E-state index contributed by atoms with van der Waals surface area (Å²) >= 11 is 0. The Balaban J connectivity index is 4.95. The van der Waals surface area contributed by atoms with Crippen LogP contribution in [0.5, 0.6) is 0 Å². The van der Waals surface area contributed by atoms with Crippen molar-refractivity contribution in [1.82, 2.24) is 0 Å². The maximum atomic E-state index is 6.28. The van der Waals surface area contributed by atoms with Gasteiger partial charge in [0.05, 0.1) is 6.10 Å². The van der Waals surface area contributed by atoms with E-state index in [-0.39, 0.29) is 0 Å². The van der Waals surface area contributed by atoms with Crippen molar-refractivity contribution in [3.8, 4) is 0 Å². The molecule has 0 aliphatic rings. The van der Waals surface area contributed by atoms with Crippen LogP contribution in [0, 0.1) is 6.10 Å². The molecule has 85 valence electrons. The fourth-order valence-electron chi connectivity index (χ4n) is 2.71. The van der Waals surface area contributed by atoms with E-state index in [2.05, 4.69) is 55.4 Å². The van der Waals surface area contributed by atoms with Crippen LogP contribution in [0.15, 0.2) is 0 Å². The molecule has 0 saturated heterocycles. The molecule has 1 radical (unpaired) electrons. The molecule has 0 heterocycles. The highest BCUT2D eigenvalue weighted by Crippen LogP contribution is 2.43. The molecule has 2 heteroatoms. The Morgan fingerprint density at radius 2 is 1.07 bits per heavy atom. The summed E-state index contributed by atoms with van der Waals surface area (Å²) in [5.74, 6) is 0. The average molecular weight is 215 g/mol. The molecule has 0 aromatic heterocycles. The highest BCUT2D eigenvalue weighted by molar-refractivity contribution is 6.77. The number of hydrogen-bond acceptors (Lipinski definition) is 1. The van der Waals surface area contributed by atoms with Gasteiger partial charge in [-0.15, -0.1) is 0 Å². The van der Waals surface area contributed by atoms with Crippen LogP contribution in [-0.2, 0) is 4.43 Å². The molecule has 0 N–H and O–H groups in total. The lowest BCUT2D eigenvalue weighted by molar-refractivity contribution is 0.302. The van der Waals surface area contributed by atoms with Gasteiger partial charge in [0.15, 0.2) is 0 Å². The van der Waals surface area contributed by atoms with E-state index >= 15 is 0 Å². The van der Waals surface area contributed by atoms with Crippen LogP contribution in [0.1, 0.15) is 55.4 Å². The Bertz CT molecular complexity index is 140. The maximum Gasteiger partial charge on any atom is 0.201 e. The van der Waals surface area contributed by atoms with Crippen molar-refractivity contribution in [2.75, 3.05) is 0 Å². The topological polar surface area (TPSA) is 9.23 Å². The zero-order chi connectivity index (χ0) is 11.5. The summed E-state index contributed by atoms with van der Waals surface area (Å²) < 4.78 is 6.28. The zero-order valence-corrected chi connectivity index (χ0v) is 12.1. The predicted octanol–water partition coefficient (Wildman–Crippen LogP) is 4.75. The Labute approximate surface area is 91.4 Å². The SMILES string of the molecule is C[C](C)O[Si](C(C)C)(C(C)C)C(C)C. The average Bonchev–Trinajstić information content (AvgIpc) is 1.97. The molecule has 1 nitrogen and oxygen atoms in total. The molecule has 0 unspecified atom stereocenters. The van der Waals surface area contributed by atoms with Crippen LogP contribution in [0.25, 0.3) is 0 Å². The summed E-state index contributed by atoms with van der Waals surface area (Å²) in [4.78, 5) is 0. The fraction of sp³-hybridized carbons (Fsp3) is 0.917. The molecular weight excluding hydrogens is 188 g/mol. The predicted molar refractivity (Wildman–Crippen MR) is 66.7 cm³/mol. The van der Waals surface area contributed by atoms with Crippen molar-refractivity contribution in [1.29, 1.82) is 0 Å². The Morgan fingerprint density at radius 1 is 0.786 bits per heavy atom. The highest BCUT2D eigenvalue weighted by Gasteiger charge is 2.45. The molecule has 0 aliphatic carbocycles. The van der Waals surface area contributed by atoms with Gasteiger partial charge in [-0.3, -0.25) is 0 Å². The van der Waals surface area contributed by atoms with E-state index in [0.717, 1.165) is 6.10 Å². The molecule has 0 aromatic carbocycles. The third-order valence-electron chi connectivity index (χ3n) is 3.09. The second-order valence-corrected chi connectivity index (χ2v) is 10.7. The van der Waals surface area contributed by atoms with Crippen molar-refractivity contribution < 1.29 is 4.43 Å². The molecule has 0 spiro atoms. The largest absolute Gasteiger partial charge is 0.408 e. The smallest absolute Gasteiger partial charge is 0.201 e. The summed E-state index contributed by atoms with van der Waals surface area (Å²) in [7, 11) is -1.63. The molecule has 0 aliphatic heterocycles. The van der Waals surface area contributed by atoms with Gasteiger partial charge in [0.2, 0.25) is 8.32 Å². The lowest BCUT2D eigenvalue weighted by Gasteiger charge is -2.43. The van der Waals surface area contributed by atoms with E-state index < -0.39 is 8.32 Å². The third kappa shape index (κ3) is 2.83. The van der Waals surface area contributed by atoms with Gasteiger partial charge < -0.3 is 4.43 Å². The molecule has 0 bridgehead atoms. The Morgan fingerprint density at radius 3 is 1.14 bits per heavy atom. The molecule has 0 saturated carbocycles. The number of hydrogen-bond donors (Lipinski definition) is 0. The van der Waals surface area contributed by atoms with Crippen LogP contribution >= 0.6 is 0 Å². The summed E-state index contributed by atoms with van der Waals surface area (Å²) in [5.41, 5.74) is 2.03. The number of rotatable bonds is 5. The highest BCUT2D eigenvalue weighted by atomic mass is 28.4. The summed E-state index contributed by atoms with van der Waals surface area (Å²) in [5, 5.41) is 0. The first-order chi connectivity index (χ1) is 6.25. The van der Waals surface area contributed by atoms with Crippen LogP contribution in [0.2, 0.25) is 16.6 Å². The van der Waals surface area contributed by atoms with E-state index in [1.165, 1.54) is 0 Å². The second kappa shape index (κ2) is 5.31. The van der Waals surface area contributed by atoms with Crippen LogP contribution in [0.4, 0.5) is 0 Å². The van der Waals surface area contributed by atoms with Crippen LogP contribution < -0.4 is 0 Å². The Hall–Kier alpha value is 0.177. The van der Waals surface area contributed by atoms with Gasteiger partial charge in [-0.2, -0.15) is 0 Å². The second-order valence-electron chi connectivity index (χ2n) is 5.33. The van der Waals surface area contributed by atoms with Crippen molar-refractivity contribution in [2.45, 2.75) is 72.0 Å². The van der Waals surface area contributed by atoms with Gasteiger partial charge in [-0.25, -0.2) is 0 Å². The van der Waals surface area contributed by atoms with Crippen molar-refractivity contribution in [3.05, 3.63) is 6.10 Å². The molecule has 0 fully saturated rings. The van der Waals surface area contributed by atoms with Crippen molar-refractivity contribution in [3.63, 3.8) is 0 Å². The van der Waals surface area contributed by atoms with E-state index in [1.807, 2.05) is 0 Å². The van der Waals surface area contributed by atoms with Gasteiger partial charge in [-0.05, 0) is 30.5 Å². The van der Waals surface area contributed by atoms with Gasteiger partial charge >= 0.3 is 0 Å². The Kier molecular flexibility index (Phi) is 5.38. The molecule has 0 aromatic rings. The first-order valence-electron chi connectivity index (χ1n) is 5.74. The normalized spacial score (nSPS) is 13.7. The van der Waals surface area contributed by atoms with E-state index in [4.69, 9.17) is 4.43 Å². The monoisotopic (exact) mass is 215 g/mol. The lowest BCUT2D eigenvalue weighted by Crippen LogP contribution is -2.48. The van der Waals surface area contributed by atoms with E-state index in [9.17, 15) is 0 Å². The molecule has 0 atom stereocenters. The molecular formula is C12H27OSi. The first kappa shape index (κ1) is 14.2.